The molecule has 162 valence electrons. The van der Waals surface area contributed by atoms with Crippen LogP contribution in [-0.2, 0) is 4.79 Å². The molecule has 0 radical (unpaired) electrons. The van der Waals surface area contributed by atoms with Gasteiger partial charge in [0.05, 0.1) is 22.8 Å². The van der Waals surface area contributed by atoms with Gasteiger partial charge >= 0.3 is 0 Å². The van der Waals surface area contributed by atoms with Crippen molar-refractivity contribution < 1.29 is 9.59 Å². The average Bonchev–Trinajstić information content (AvgIpc) is 3.23. The van der Waals surface area contributed by atoms with Crippen molar-refractivity contribution in [1.29, 1.82) is 0 Å². The summed E-state index contributed by atoms with van der Waals surface area (Å²) < 4.78 is 1.82. The summed E-state index contributed by atoms with van der Waals surface area (Å²) in [5.74, 6) is -0.352. The van der Waals surface area contributed by atoms with Crippen molar-refractivity contribution in [3.63, 3.8) is 0 Å². The molecule has 2 aromatic heterocycles. The number of carbonyl (C=O) groups excluding carboxylic acids is 2. The van der Waals surface area contributed by atoms with E-state index in [4.69, 9.17) is 4.98 Å². The lowest BCUT2D eigenvalue weighted by molar-refractivity contribution is -0.115. The van der Waals surface area contributed by atoms with Crippen molar-refractivity contribution >= 4 is 34.2 Å². The molecule has 0 unspecified atom stereocenters. The molecular weight excluding hydrogens is 402 g/mol. The smallest absolute Gasteiger partial charge is 0.256 e. The highest BCUT2D eigenvalue weighted by atomic mass is 16.2. The van der Waals surface area contributed by atoms with Crippen LogP contribution in [0.5, 0.6) is 0 Å². The lowest BCUT2D eigenvalue weighted by Gasteiger charge is -2.12. The first-order valence-electron chi connectivity index (χ1n) is 10.6. The molecule has 2 aromatic carbocycles. The van der Waals surface area contributed by atoms with Crippen LogP contribution in [0.3, 0.4) is 0 Å². The molecule has 0 aliphatic heterocycles. The maximum atomic E-state index is 13.3. The highest BCUT2D eigenvalue weighted by molar-refractivity contribution is 6.12. The maximum absolute atomic E-state index is 13.3. The van der Waals surface area contributed by atoms with Crippen LogP contribution in [0.15, 0.2) is 66.9 Å². The zero-order chi connectivity index (χ0) is 22.7. The number of carbonyl (C=O) groups is 2. The van der Waals surface area contributed by atoms with E-state index in [0.29, 0.717) is 40.1 Å². The third kappa shape index (κ3) is 4.37. The highest BCUT2D eigenvalue weighted by Crippen LogP contribution is 2.27. The van der Waals surface area contributed by atoms with E-state index in [1.807, 2.05) is 48.9 Å². The number of amides is 2. The molecule has 4 aromatic rings. The van der Waals surface area contributed by atoms with Gasteiger partial charge in [0.25, 0.3) is 5.91 Å². The Hall–Kier alpha value is -4.00. The quantitative estimate of drug-likeness (QED) is 0.438. The molecule has 4 rings (SSSR count). The van der Waals surface area contributed by atoms with E-state index in [1.54, 1.807) is 43.5 Å². The summed E-state index contributed by atoms with van der Waals surface area (Å²) in [5.41, 5.74) is 4.00. The van der Waals surface area contributed by atoms with E-state index in [-0.39, 0.29) is 17.9 Å². The molecule has 0 spiro atoms. The van der Waals surface area contributed by atoms with Crippen molar-refractivity contribution in [3.05, 3.63) is 72.4 Å². The molecule has 7 heteroatoms. The molecule has 0 saturated carbocycles. The summed E-state index contributed by atoms with van der Waals surface area (Å²) in [7, 11) is 0. The van der Waals surface area contributed by atoms with Crippen LogP contribution < -0.4 is 10.6 Å². The molecule has 32 heavy (non-hydrogen) atoms. The van der Waals surface area contributed by atoms with Crippen molar-refractivity contribution in [2.24, 2.45) is 0 Å². The number of nitrogens with one attached hydrogen (secondary N) is 2. The summed E-state index contributed by atoms with van der Waals surface area (Å²) in [6.45, 7) is 5.84. The molecule has 2 N–H and O–H groups in total. The fourth-order valence-electron chi connectivity index (χ4n) is 3.46. The van der Waals surface area contributed by atoms with Crippen LogP contribution in [-0.4, -0.2) is 26.6 Å². The van der Waals surface area contributed by atoms with Gasteiger partial charge in [-0.25, -0.2) is 9.67 Å². The third-order valence-electron chi connectivity index (χ3n) is 5.10. The number of anilines is 2. The van der Waals surface area contributed by atoms with E-state index in [9.17, 15) is 9.59 Å². The Morgan fingerprint density at radius 1 is 0.969 bits per heavy atom. The number of rotatable bonds is 6. The van der Waals surface area contributed by atoms with Crippen molar-refractivity contribution in [2.75, 3.05) is 10.6 Å². The Labute approximate surface area is 186 Å². The molecule has 0 saturated heterocycles. The van der Waals surface area contributed by atoms with Gasteiger partial charge < -0.3 is 10.6 Å². The normalized spacial score (nSPS) is 11.0. The molecule has 2 heterocycles. The number of fused-ring (bicyclic) bond motifs is 1. The van der Waals surface area contributed by atoms with Crippen LogP contribution in [0.1, 0.15) is 43.6 Å². The van der Waals surface area contributed by atoms with Gasteiger partial charge in [-0.05, 0) is 38.1 Å². The summed E-state index contributed by atoms with van der Waals surface area (Å²) in [5, 5.41) is 10.9. The fraction of sp³-hybridized carbons (Fsp3) is 0.200. The maximum Gasteiger partial charge on any atom is 0.256 e. The van der Waals surface area contributed by atoms with Crippen molar-refractivity contribution in [2.45, 2.75) is 33.2 Å². The van der Waals surface area contributed by atoms with E-state index >= 15 is 0 Å². The number of nitrogens with zero attached hydrogens (tertiary/aromatic N) is 3. The van der Waals surface area contributed by atoms with Crippen LogP contribution in [0, 0.1) is 0 Å². The highest BCUT2D eigenvalue weighted by Gasteiger charge is 2.19. The second-order valence-corrected chi connectivity index (χ2v) is 7.78. The van der Waals surface area contributed by atoms with Gasteiger partial charge in [0.2, 0.25) is 5.91 Å². The Kier molecular flexibility index (Phi) is 5.98. The van der Waals surface area contributed by atoms with Crippen molar-refractivity contribution in [1.82, 2.24) is 14.8 Å². The Morgan fingerprint density at radius 3 is 2.38 bits per heavy atom. The Balaban J connectivity index is 1.74. The molecule has 7 nitrogen and oxygen atoms in total. The topological polar surface area (TPSA) is 88.9 Å². The predicted octanol–water partition coefficient (Wildman–Crippen LogP) is 5.28. The minimum Gasteiger partial charge on any atom is -0.326 e. The lowest BCUT2D eigenvalue weighted by atomic mass is 10.1. The SMILES string of the molecule is CCC(=O)Nc1cccc(NC(=O)c2cc(-c3ccccc3)nc3c2cnn3C(C)C)c1. The van der Waals surface area contributed by atoms with Gasteiger partial charge in [-0.1, -0.05) is 43.3 Å². The molecule has 0 aliphatic carbocycles. The van der Waals surface area contributed by atoms with Gasteiger partial charge in [-0.15, -0.1) is 0 Å². The largest absolute Gasteiger partial charge is 0.326 e. The average molecular weight is 428 g/mol. The van der Waals surface area contributed by atoms with Crippen LogP contribution >= 0.6 is 0 Å². The minimum absolute atomic E-state index is 0.0853. The zero-order valence-electron chi connectivity index (χ0n) is 18.3. The first kappa shape index (κ1) is 21.2. The third-order valence-corrected chi connectivity index (χ3v) is 5.10. The molecular formula is C25H25N5O2. The van der Waals surface area contributed by atoms with E-state index in [2.05, 4.69) is 15.7 Å². The lowest BCUT2D eigenvalue weighted by Crippen LogP contribution is -2.14. The summed E-state index contributed by atoms with van der Waals surface area (Å²) >= 11 is 0. The summed E-state index contributed by atoms with van der Waals surface area (Å²) in [4.78, 5) is 29.8. The van der Waals surface area contributed by atoms with Gasteiger partial charge in [0, 0.05) is 29.4 Å². The second-order valence-electron chi connectivity index (χ2n) is 7.78. The molecule has 0 fully saturated rings. The fourth-order valence-corrected chi connectivity index (χ4v) is 3.46. The second kappa shape index (κ2) is 9.01. The van der Waals surface area contributed by atoms with E-state index < -0.39 is 0 Å². The predicted molar refractivity (Wildman–Crippen MR) is 127 cm³/mol. The standard InChI is InChI=1S/C25H25N5O2/c1-4-23(31)27-18-11-8-12-19(13-18)28-25(32)20-14-22(17-9-6-5-7-10-17)29-24-21(20)15-26-30(24)16(2)3/h5-16H,4H2,1-3H3,(H,27,31)(H,28,32). The van der Waals surface area contributed by atoms with Crippen LogP contribution in [0.25, 0.3) is 22.3 Å². The van der Waals surface area contributed by atoms with Gasteiger partial charge in [-0.2, -0.15) is 5.10 Å². The number of hydrogen-bond donors (Lipinski definition) is 2. The van der Waals surface area contributed by atoms with Gasteiger partial charge in [-0.3, -0.25) is 9.59 Å². The molecule has 0 bridgehead atoms. The molecule has 2 amide bonds. The van der Waals surface area contributed by atoms with Gasteiger partial charge in [0.1, 0.15) is 0 Å². The number of hydrogen-bond acceptors (Lipinski definition) is 4. The van der Waals surface area contributed by atoms with Gasteiger partial charge in [0.15, 0.2) is 5.65 Å². The summed E-state index contributed by atoms with van der Waals surface area (Å²) in [6.07, 6.45) is 2.07. The van der Waals surface area contributed by atoms with Crippen LogP contribution in [0.4, 0.5) is 11.4 Å². The minimum atomic E-state index is -0.267. The number of aromatic nitrogens is 3. The summed E-state index contributed by atoms with van der Waals surface area (Å²) in [6, 6.07) is 18.7. The molecule has 0 aliphatic rings. The van der Waals surface area contributed by atoms with Crippen molar-refractivity contribution in [3.8, 4) is 11.3 Å². The van der Waals surface area contributed by atoms with E-state index in [1.165, 1.54) is 0 Å². The Bertz CT molecular complexity index is 1280. The monoisotopic (exact) mass is 427 g/mol. The Morgan fingerprint density at radius 2 is 1.69 bits per heavy atom. The van der Waals surface area contributed by atoms with E-state index in [0.717, 1.165) is 5.56 Å². The zero-order valence-corrected chi connectivity index (χ0v) is 18.3. The van der Waals surface area contributed by atoms with Crippen LogP contribution in [0.2, 0.25) is 0 Å². The number of benzene rings is 2. The number of pyridine rings is 1. The molecule has 0 atom stereocenters. The first-order valence-corrected chi connectivity index (χ1v) is 10.6. The first-order chi connectivity index (χ1) is 15.5.